The Morgan fingerprint density at radius 3 is 2.17 bits per heavy atom. The van der Waals surface area contributed by atoms with Crippen LogP contribution in [0.2, 0.25) is 0 Å². The molecule has 53 heavy (non-hydrogen) atoms. The molecule has 3 aromatic heterocycles. The number of hydrogen-bond donors (Lipinski definition) is 1. The summed E-state index contributed by atoms with van der Waals surface area (Å²) >= 11 is 0. The number of carbonyl (C=O) groups excluding carboxylic acids is 1. The third-order valence-electron chi connectivity index (χ3n) is 11.3. The molecule has 7 rings (SSSR count). The normalized spacial score (nSPS) is 12.2. The van der Waals surface area contributed by atoms with Gasteiger partial charge in [-0.05, 0) is 72.7 Å². The minimum Gasteiger partial charge on any atom is -0.512 e. The van der Waals surface area contributed by atoms with Crippen molar-refractivity contribution >= 4 is 49.5 Å². The van der Waals surface area contributed by atoms with Gasteiger partial charge in [-0.25, -0.2) is 9.97 Å². The topological polar surface area (TPSA) is 89.1 Å². The zero-order valence-electron chi connectivity index (χ0n) is 31.9. The van der Waals surface area contributed by atoms with Gasteiger partial charge in [0.15, 0.2) is 5.78 Å². The summed E-state index contributed by atoms with van der Waals surface area (Å²) in [7, 11) is 0. The summed E-state index contributed by atoms with van der Waals surface area (Å²) in [6.45, 7) is 16.1. The Hall–Kier alpha value is -4.71. The molecule has 0 unspecified atom stereocenters. The van der Waals surface area contributed by atoms with Crippen LogP contribution in [-0.4, -0.2) is 25.8 Å². The zero-order chi connectivity index (χ0) is 37.2. The fourth-order valence-corrected chi connectivity index (χ4v) is 6.71. The van der Waals surface area contributed by atoms with Crippen LogP contribution in [0.4, 0.5) is 0 Å². The number of benzene rings is 4. The SMILES string of the molecule is CCC(C)(CC)C(=O)/C=C(\O)C(C)(CC)CC.Cc1nc(-c2[c-]cc(C)c3c2oc2ncccc23)c2ccc3cc(-c4ccccc4)ccc3c2n1.[Ir]. The van der Waals surface area contributed by atoms with Gasteiger partial charge in [0.1, 0.15) is 11.6 Å². The molecule has 0 aliphatic heterocycles. The second-order valence-electron chi connectivity index (χ2n) is 14.3. The van der Waals surface area contributed by atoms with E-state index in [9.17, 15) is 9.90 Å². The van der Waals surface area contributed by atoms with E-state index < -0.39 is 0 Å². The number of furan rings is 1. The third kappa shape index (κ3) is 7.56. The van der Waals surface area contributed by atoms with Crippen LogP contribution < -0.4 is 0 Å². The van der Waals surface area contributed by atoms with E-state index in [2.05, 4.69) is 72.6 Å². The number of fused-ring (bicyclic) bond motifs is 6. The third-order valence-corrected chi connectivity index (χ3v) is 11.3. The fraction of sp³-hybridized carbons (Fsp3) is 0.304. The molecule has 0 saturated carbocycles. The van der Waals surface area contributed by atoms with Gasteiger partial charge in [0.25, 0.3) is 0 Å². The summed E-state index contributed by atoms with van der Waals surface area (Å²) in [5.74, 6) is 0.997. The van der Waals surface area contributed by atoms with Crippen molar-refractivity contribution in [3.63, 3.8) is 0 Å². The van der Waals surface area contributed by atoms with Crippen LogP contribution in [-0.2, 0) is 24.9 Å². The van der Waals surface area contributed by atoms with Crippen LogP contribution in [0, 0.1) is 30.7 Å². The van der Waals surface area contributed by atoms with Crippen molar-refractivity contribution < 1.29 is 34.4 Å². The number of aliphatic hydroxyl groups is 1. The van der Waals surface area contributed by atoms with Gasteiger partial charge in [0.2, 0.25) is 5.71 Å². The molecule has 0 aliphatic rings. The van der Waals surface area contributed by atoms with Crippen LogP contribution in [0.25, 0.3) is 66.1 Å². The maximum Gasteiger partial charge on any atom is 0.216 e. The predicted molar refractivity (Wildman–Crippen MR) is 214 cm³/mol. The molecule has 7 aromatic rings. The van der Waals surface area contributed by atoms with Gasteiger partial charge in [0.05, 0.1) is 11.1 Å². The molecule has 4 aromatic carbocycles. The largest absolute Gasteiger partial charge is 0.512 e. The Kier molecular flexibility index (Phi) is 12.0. The second-order valence-corrected chi connectivity index (χ2v) is 14.3. The smallest absolute Gasteiger partial charge is 0.216 e. The number of aryl methyl sites for hydroxylation is 2. The van der Waals surface area contributed by atoms with Gasteiger partial charge in [-0.1, -0.05) is 114 Å². The monoisotopic (exact) mass is 883 g/mol. The van der Waals surface area contributed by atoms with E-state index in [1.54, 1.807) is 6.20 Å². The maximum atomic E-state index is 12.2. The Bertz CT molecular complexity index is 2440. The summed E-state index contributed by atoms with van der Waals surface area (Å²) in [5, 5.41) is 15.4. The summed E-state index contributed by atoms with van der Waals surface area (Å²) in [6.07, 6.45) is 6.51. The quantitative estimate of drug-likeness (QED) is 0.0672. The molecule has 0 bridgehead atoms. The number of carbonyl (C=O) groups is 1. The van der Waals surface area contributed by atoms with Crippen molar-refractivity contribution in [3.8, 4) is 22.4 Å². The molecule has 0 saturated heterocycles. The predicted octanol–water partition coefficient (Wildman–Crippen LogP) is 12.5. The molecule has 7 heteroatoms. The molecule has 1 N–H and O–H groups in total. The van der Waals surface area contributed by atoms with Gasteiger partial charge in [-0.15, -0.1) is 17.7 Å². The standard InChI is InChI=1S/C31H20N3O.C15H28O2.Ir/c1-18-10-13-26(30-27(18)24-9-6-16-32-31(24)35-30)29-25-15-12-22-17-21(20-7-4-3-5-8-20)11-14-23(22)28(25)33-19(2)34-29;1-7-14(5,8-2)12(16)11-13(17)15(6,9-3)10-4;/h3-12,14-17H,1-2H3;11,16H,7-10H2,1-6H3;/q-1;;/b;12-11-;. The number of ketones is 1. The second kappa shape index (κ2) is 16.1. The molecule has 6 nitrogen and oxygen atoms in total. The molecular formula is C46H48IrN3O3-. The van der Waals surface area contributed by atoms with E-state index in [1.807, 2.05) is 72.7 Å². The first-order valence-corrected chi connectivity index (χ1v) is 18.4. The number of allylic oxidation sites excluding steroid dienone is 2. The average Bonchev–Trinajstić information content (AvgIpc) is 3.58. The number of aliphatic hydroxyl groups excluding tert-OH is 1. The number of aromatic nitrogens is 3. The van der Waals surface area contributed by atoms with E-state index in [-0.39, 0.29) is 42.5 Å². The summed E-state index contributed by atoms with van der Waals surface area (Å²) in [5.41, 5.74) is 6.86. The Morgan fingerprint density at radius 2 is 1.49 bits per heavy atom. The van der Waals surface area contributed by atoms with Gasteiger partial charge >= 0.3 is 0 Å². The molecule has 0 amide bonds. The van der Waals surface area contributed by atoms with E-state index in [1.165, 1.54) is 17.2 Å². The van der Waals surface area contributed by atoms with E-state index in [4.69, 9.17) is 14.4 Å². The van der Waals surface area contributed by atoms with Gasteiger partial charge < -0.3 is 9.52 Å². The van der Waals surface area contributed by atoms with Crippen LogP contribution in [0.1, 0.15) is 78.6 Å². The van der Waals surface area contributed by atoms with Crippen molar-refractivity contribution in [1.82, 2.24) is 15.0 Å². The van der Waals surface area contributed by atoms with Gasteiger partial charge in [-0.2, -0.15) is 0 Å². The zero-order valence-corrected chi connectivity index (χ0v) is 34.3. The number of hydrogen-bond acceptors (Lipinski definition) is 6. The average molecular weight is 883 g/mol. The Balaban J connectivity index is 0.000000259. The Morgan fingerprint density at radius 1 is 0.811 bits per heavy atom. The summed E-state index contributed by atoms with van der Waals surface area (Å²) in [4.78, 5) is 26.4. The first kappa shape index (κ1) is 39.5. The van der Waals surface area contributed by atoms with Gasteiger partial charge in [-0.3, -0.25) is 9.78 Å². The van der Waals surface area contributed by atoms with Crippen molar-refractivity contribution in [2.75, 3.05) is 0 Å². The molecule has 3 heterocycles. The summed E-state index contributed by atoms with van der Waals surface area (Å²) < 4.78 is 6.26. The van der Waals surface area contributed by atoms with Gasteiger partial charge in [0, 0.05) is 59.7 Å². The van der Waals surface area contributed by atoms with E-state index in [0.29, 0.717) is 11.5 Å². The maximum absolute atomic E-state index is 12.2. The molecular weight excluding hydrogens is 835 g/mol. The van der Waals surface area contributed by atoms with Crippen LogP contribution >= 0.6 is 0 Å². The molecule has 0 fully saturated rings. The summed E-state index contributed by atoms with van der Waals surface area (Å²) in [6, 6.07) is 30.7. The number of nitrogens with zero attached hydrogens (tertiary/aromatic N) is 3. The van der Waals surface area contributed by atoms with Crippen LogP contribution in [0.15, 0.2) is 101 Å². The molecule has 0 atom stereocenters. The number of pyridine rings is 1. The minimum atomic E-state index is -0.337. The molecule has 275 valence electrons. The first-order chi connectivity index (χ1) is 25.0. The van der Waals surface area contributed by atoms with Crippen molar-refractivity contribution in [3.05, 3.63) is 114 Å². The number of rotatable bonds is 9. The van der Waals surface area contributed by atoms with E-state index >= 15 is 0 Å². The first-order valence-electron chi connectivity index (χ1n) is 18.4. The fourth-order valence-electron chi connectivity index (χ4n) is 6.71. The van der Waals surface area contributed by atoms with Crippen molar-refractivity contribution in [1.29, 1.82) is 0 Å². The van der Waals surface area contributed by atoms with Crippen LogP contribution in [0.5, 0.6) is 0 Å². The van der Waals surface area contributed by atoms with E-state index in [0.717, 1.165) is 80.5 Å². The van der Waals surface area contributed by atoms with Crippen LogP contribution in [0.3, 0.4) is 0 Å². The minimum absolute atomic E-state index is 0. The van der Waals surface area contributed by atoms with Crippen molar-refractivity contribution in [2.24, 2.45) is 10.8 Å². The van der Waals surface area contributed by atoms with Crippen molar-refractivity contribution in [2.45, 2.75) is 81.1 Å². The Labute approximate surface area is 326 Å². The molecule has 1 radical (unpaired) electrons. The molecule has 0 spiro atoms. The molecule has 0 aliphatic carbocycles.